The second kappa shape index (κ2) is 6.45. The molecule has 0 aliphatic carbocycles. The summed E-state index contributed by atoms with van der Waals surface area (Å²) in [5.41, 5.74) is 6.52. The van der Waals surface area contributed by atoms with Gasteiger partial charge in [0.2, 0.25) is 6.79 Å². The van der Waals surface area contributed by atoms with E-state index in [-0.39, 0.29) is 5.17 Å². The second-order valence-corrected chi connectivity index (χ2v) is 6.25. The van der Waals surface area contributed by atoms with Gasteiger partial charge < -0.3 is 20.1 Å². The molecule has 2 heterocycles. The predicted molar refractivity (Wildman–Crippen MR) is 86.6 cm³/mol. The summed E-state index contributed by atoms with van der Waals surface area (Å²) in [6.45, 7) is 4.49. The van der Waals surface area contributed by atoms with Crippen molar-refractivity contribution in [1.29, 1.82) is 10.8 Å². The van der Waals surface area contributed by atoms with Gasteiger partial charge in [0.15, 0.2) is 21.8 Å². The van der Waals surface area contributed by atoms with Crippen LogP contribution < -0.4 is 15.2 Å². The number of hydrogen-bond acceptors (Lipinski definition) is 6. The maximum absolute atomic E-state index is 7.90. The number of thioether (sulfide) groups is 1. The van der Waals surface area contributed by atoms with Crippen LogP contribution in [0.2, 0.25) is 0 Å². The van der Waals surface area contributed by atoms with Gasteiger partial charge >= 0.3 is 0 Å². The van der Waals surface area contributed by atoms with E-state index in [2.05, 4.69) is 11.0 Å². The number of fused-ring (bicyclic) bond motifs is 1. The van der Waals surface area contributed by atoms with E-state index in [4.69, 9.17) is 26.0 Å². The first-order valence-corrected chi connectivity index (χ1v) is 7.90. The molecule has 1 fully saturated rings. The molecule has 0 saturated carbocycles. The zero-order valence-corrected chi connectivity index (χ0v) is 13.0. The first kappa shape index (κ1) is 15.0. The summed E-state index contributed by atoms with van der Waals surface area (Å²) in [5, 5.41) is 15.5. The highest BCUT2D eigenvalue weighted by atomic mass is 32.2. The Bertz CT molecular complexity index is 587. The molecule has 1 saturated heterocycles. The molecule has 1 aromatic rings. The zero-order valence-electron chi connectivity index (χ0n) is 12.2. The number of rotatable bonds is 2. The number of benzene rings is 1. The lowest BCUT2D eigenvalue weighted by molar-refractivity contribution is 0.173. The average Bonchev–Trinajstić information content (AvgIpc) is 2.95. The van der Waals surface area contributed by atoms with Crippen LogP contribution in [-0.2, 0) is 6.54 Å². The largest absolute Gasteiger partial charge is 0.454 e. The lowest BCUT2D eigenvalue weighted by Crippen LogP contribution is -2.47. The predicted octanol–water partition coefficient (Wildman–Crippen LogP) is 1.09. The van der Waals surface area contributed by atoms with Gasteiger partial charge in [-0.15, -0.1) is 0 Å². The van der Waals surface area contributed by atoms with Crippen molar-refractivity contribution in [2.45, 2.75) is 6.54 Å². The highest BCUT2D eigenvalue weighted by molar-refractivity contribution is 8.26. The number of nitrogens with zero attached hydrogens (tertiary/aromatic N) is 2. The summed E-state index contributed by atoms with van der Waals surface area (Å²) in [4.78, 5) is 4.31. The topological polar surface area (TPSA) is 98.7 Å². The summed E-state index contributed by atoms with van der Waals surface area (Å²) in [6.07, 6.45) is 0. The Kier molecular flexibility index (Phi) is 4.39. The summed E-state index contributed by atoms with van der Waals surface area (Å²) in [6, 6.07) is 6.04. The van der Waals surface area contributed by atoms with Crippen molar-refractivity contribution in [3.05, 3.63) is 23.8 Å². The van der Waals surface area contributed by atoms with Gasteiger partial charge in [-0.25, -0.2) is 0 Å². The number of hydrogen-bond donors (Lipinski definition) is 3. The van der Waals surface area contributed by atoms with Gasteiger partial charge in [0.25, 0.3) is 0 Å². The van der Waals surface area contributed by atoms with Gasteiger partial charge in [-0.3, -0.25) is 15.7 Å². The van der Waals surface area contributed by atoms with Crippen molar-refractivity contribution in [3.8, 4) is 11.5 Å². The quantitative estimate of drug-likeness (QED) is 0.557. The number of amidine groups is 2. The van der Waals surface area contributed by atoms with Crippen LogP contribution in [0.1, 0.15) is 5.56 Å². The van der Waals surface area contributed by atoms with Crippen LogP contribution in [0.15, 0.2) is 18.2 Å². The van der Waals surface area contributed by atoms with Crippen LogP contribution in [0, 0.1) is 10.8 Å². The molecule has 0 radical (unpaired) electrons. The van der Waals surface area contributed by atoms with Crippen LogP contribution >= 0.6 is 11.8 Å². The van der Waals surface area contributed by atoms with Gasteiger partial charge in [-0.2, -0.15) is 0 Å². The van der Waals surface area contributed by atoms with Gasteiger partial charge in [0.05, 0.1) is 0 Å². The van der Waals surface area contributed by atoms with E-state index in [9.17, 15) is 0 Å². The van der Waals surface area contributed by atoms with Crippen LogP contribution in [0.5, 0.6) is 11.5 Å². The van der Waals surface area contributed by atoms with E-state index < -0.39 is 0 Å². The van der Waals surface area contributed by atoms with E-state index in [0.717, 1.165) is 56.0 Å². The molecular formula is C14H19N5O2S. The van der Waals surface area contributed by atoms with Crippen molar-refractivity contribution in [2.24, 2.45) is 5.73 Å². The average molecular weight is 321 g/mol. The minimum absolute atomic E-state index is 0.0345. The molecule has 2 aliphatic rings. The first-order chi connectivity index (χ1) is 10.6. The molecule has 0 amide bonds. The van der Waals surface area contributed by atoms with Gasteiger partial charge in [0.1, 0.15) is 0 Å². The Labute approximate surface area is 133 Å². The van der Waals surface area contributed by atoms with Crippen molar-refractivity contribution in [1.82, 2.24) is 9.80 Å². The number of ether oxygens (including phenoxy) is 2. The van der Waals surface area contributed by atoms with Crippen LogP contribution in [0.3, 0.4) is 0 Å². The minimum atomic E-state index is -0.0345. The SMILES string of the molecule is N=C(N)SC(=N)N1CCN(Cc2ccc3c(c2)OCO3)CC1. The van der Waals surface area contributed by atoms with Crippen molar-refractivity contribution in [3.63, 3.8) is 0 Å². The Morgan fingerprint density at radius 3 is 2.59 bits per heavy atom. The zero-order chi connectivity index (χ0) is 15.5. The molecule has 2 aliphatic heterocycles. The molecule has 3 rings (SSSR count). The normalized spacial score (nSPS) is 17.5. The summed E-state index contributed by atoms with van der Waals surface area (Å²) in [5.74, 6) is 1.62. The molecule has 22 heavy (non-hydrogen) atoms. The maximum atomic E-state index is 7.90. The molecule has 0 unspecified atom stereocenters. The molecular weight excluding hydrogens is 302 g/mol. The molecule has 0 atom stereocenters. The Hall–Kier alpha value is -1.93. The van der Waals surface area contributed by atoms with E-state index in [0.29, 0.717) is 12.0 Å². The molecule has 118 valence electrons. The van der Waals surface area contributed by atoms with Gasteiger partial charge in [-0.05, 0) is 29.5 Å². The first-order valence-electron chi connectivity index (χ1n) is 7.08. The van der Waals surface area contributed by atoms with Crippen molar-refractivity contribution < 1.29 is 9.47 Å². The van der Waals surface area contributed by atoms with Crippen LogP contribution in [-0.4, -0.2) is 53.1 Å². The Morgan fingerprint density at radius 1 is 1.14 bits per heavy atom. The third-order valence-electron chi connectivity index (χ3n) is 3.71. The monoisotopic (exact) mass is 321 g/mol. The fourth-order valence-corrected chi connectivity index (χ4v) is 3.10. The van der Waals surface area contributed by atoms with E-state index in [1.165, 1.54) is 5.56 Å². The third kappa shape index (κ3) is 3.45. The summed E-state index contributed by atoms with van der Waals surface area (Å²) in [7, 11) is 0. The Morgan fingerprint density at radius 2 is 1.86 bits per heavy atom. The minimum Gasteiger partial charge on any atom is -0.454 e. The standard InChI is InChI=1S/C14H19N5O2S/c15-13(16)22-14(17)19-5-3-18(4-6-19)8-10-1-2-11-12(7-10)21-9-20-11/h1-2,7,17H,3-6,8-9H2,(H3,15,16). The van der Waals surface area contributed by atoms with E-state index in [1.54, 1.807) is 0 Å². The van der Waals surface area contributed by atoms with Crippen molar-refractivity contribution in [2.75, 3.05) is 33.0 Å². The van der Waals surface area contributed by atoms with E-state index in [1.807, 2.05) is 17.0 Å². The highest BCUT2D eigenvalue weighted by Gasteiger charge is 2.21. The highest BCUT2D eigenvalue weighted by Crippen LogP contribution is 2.32. The number of nitrogens with one attached hydrogen (secondary N) is 2. The molecule has 0 aromatic heterocycles. The second-order valence-electron chi connectivity index (χ2n) is 5.22. The lowest BCUT2D eigenvalue weighted by Gasteiger charge is -2.35. The third-order valence-corrected chi connectivity index (χ3v) is 4.38. The molecule has 8 heteroatoms. The smallest absolute Gasteiger partial charge is 0.231 e. The number of nitrogens with two attached hydrogens (primary N) is 1. The lowest BCUT2D eigenvalue weighted by atomic mass is 10.1. The maximum Gasteiger partial charge on any atom is 0.231 e. The van der Waals surface area contributed by atoms with Crippen molar-refractivity contribution >= 4 is 22.1 Å². The fraction of sp³-hybridized carbons (Fsp3) is 0.429. The Balaban J connectivity index is 1.52. The summed E-state index contributed by atoms with van der Waals surface area (Å²) < 4.78 is 10.7. The molecule has 4 N–H and O–H groups in total. The molecule has 0 bridgehead atoms. The number of piperazine rings is 1. The summed E-state index contributed by atoms with van der Waals surface area (Å²) >= 11 is 1.00. The van der Waals surface area contributed by atoms with Gasteiger partial charge in [0, 0.05) is 32.7 Å². The van der Waals surface area contributed by atoms with E-state index >= 15 is 0 Å². The van der Waals surface area contributed by atoms with Crippen LogP contribution in [0.25, 0.3) is 0 Å². The molecule has 0 spiro atoms. The van der Waals surface area contributed by atoms with Gasteiger partial charge in [-0.1, -0.05) is 6.07 Å². The molecule has 1 aromatic carbocycles. The fourth-order valence-electron chi connectivity index (χ4n) is 2.58. The van der Waals surface area contributed by atoms with Crippen LogP contribution in [0.4, 0.5) is 0 Å². The molecule has 7 nitrogen and oxygen atoms in total.